The summed E-state index contributed by atoms with van der Waals surface area (Å²) in [7, 11) is 3.22. The van der Waals surface area contributed by atoms with E-state index in [1.807, 2.05) is 18.2 Å². The average Bonchev–Trinajstić information content (AvgIpc) is 2.60. The molecule has 0 aromatic heterocycles. The molecule has 0 heterocycles. The maximum atomic E-state index is 11.9. The van der Waals surface area contributed by atoms with Gasteiger partial charge < -0.3 is 19.7 Å². The zero-order valence-corrected chi connectivity index (χ0v) is 16.4. The second-order valence-corrected chi connectivity index (χ2v) is 6.63. The molecule has 0 unspecified atom stereocenters. The monoisotopic (exact) mass is 370 g/mol. The van der Waals surface area contributed by atoms with Crippen molar-refractivity contribution in [2.75, 3.05) is 39.6 Å². The number of methoxy groups -OCH3 is 2. The van der Waals surface area contributed by atoms with E-state index in [0.29, 0.717) is 23.8 Å². The van der Waals surface area contributed by atoms with Crippen LogP contribution in [-0.4, -0.2) is 54.7 Å². The molecule has 5 nitrogen and oxygen atoms in total. The van der Waals surface area contributed by atoms with Crippen LogP contribution in [-0.2, 0) is 11.2 Å². The van der Waals surface area contributed by atoms with Crippen LogP contribution in [0.2, 0.25) is 0 Å². The van der Waals surface area contributed by atoms with Crippen LogP contribution in [0, 0.1) is 0 Å². The third kappa shape index (κ3) is 6.57. The smallest absolute Gasteiger partial charge is 0.230 e. The fourth-order valence-corrected chi connectivity index (χ4v) is 3.37. The Bertz CT molecular complexity index is 549. The number of hydrogen-bond acceptors (Lipinski definition) is 5. The molecular formula is C17H26N2O3S2. The highest BCUT2D eigenvalue weighted by atomic mass is 32.2. The summed E-state index contributed by atoms with van der Waals surface area (Å²) in [4.78, 5) is 14.0. The fraction of sp³-hybridized carbons (Fsp3) is 0.529. The zero-order chi connectivity index (χ0) is 17.9. The van der Waals surface area contributed by atoms with E-state index in [4.69, 9.17) is 21.7 Å². The van der Waals surface area contributed by atoms with Crippen molar-refractivity contribution < 1.29 is 14.3 Å². The first-order valence-corrected chi connectivity index (χ1v) is 9.34. The standard InChI is InChI=1S/C17H26N2O3S2/c1-5-19(6-2)17(23)24-12-16(20)18-10-9-13-7-8-14(21-3)15(11-13)22-4/h7-8,11H,5-6,9-10,12H2,1-4H3,(H,18,20). The Balaban J connectivity index is 2.37. The van der Waals surface area contributed by atoms with E-state index < -0.39 is 0 Å². The number of benzene rings is 1. The average molecular weight is 371 g/mol. The van der Waals surface area contributed by atoms with Crippen LogP contribution in [0.5, 0.6) is 11.5 Å². The molecule has 1 aromatic rings. The van der Waals surface area contributed by atoms with E-state index in [1.54, 1.807) is 14.2 Å². The lowest BCUT2D eigenvalue weighted by molar-refractivity contribution is -0.118. The molecule has 24 heavy (non-hydrogen) atoms. The van der Waals surface area contributed by atoms with Crippen LogP contribution in [0.4, 0.5) is 0 Å². The third-order valence-electron chi connectivity index (χ3n) is 3.53. The SMILES string of the molecule is CCN(CC)C(=S)SCC(=O)NCCc1ccc(OC)c(OC)c1. The Morgan fingerprint density at radius 2 is 1.88 bits per heavy atom. The van der Waals surface area contributed by atoms with Gasteiger partial charge in [0.25, 0.3) is 0 Å². The molecule has 1 amide bonds. The first-order chi connectivity index (χ1) is 11.5. The molecule has 0 aliphatic carbocycles. The fourth-order valence-electron chi connectivity index (χ4n) is 2.13. The van der Waals surface area contributed by atoms with E-state index in [0.717, 1.165) is 29.4 Å². The Hall–Kier alpha value is -1.47. The minimum atomic E-state index is -0.00465. The molecule has 0 saturated heterocycles. The topological polar surface area (TPSA) is 50.8 Å². The number of rotatable bonds is 9. The van der Waals surface area contributed by atoms with Gasteiger partial charge in [0, 0.05) is 19.6 Å². The molecule has 0 radical (unpaired) electrons. The summed E-state index contributed by atoms with van der Waals surface area (Å²) >= 11 is 6.72. The van der Waals surface area contributed by atoms with Gasteiger partial charge in [-0.25, -0.2) is 0 Å². The van der Waals surface area contributed by atoms with Crippen LogP contribution in [0.25, 0.3) is 0 Å². The number of hydrogen-bond donors (Lipinski definition) is 1. The zero-order valence-electron chi connectivity index (χ0n) is 14.8. The van der Waals surface area contributed by atoms with Crippen molar-refractivity contribution in [1.29, 1.82) is 0 Å². The van der Waals surface area contributed by atoms with Gasteiger partial charge in [0.15, 0.2) is 11.5 Å². The molecule has 0 saturated carbocycles. The highest BCUT2D eigenvalue weighted by Crippen LogP contribution is 2.27. The van der Waals surface area contributed by atoms with Crippen LogP contribution in [0.1, 0.15) is 19.4 Å². The summed E-state index contributed by atoms with van der Waals surface area (Å²) in [5, 5.41) is 2.92. The van der Waals surface area contributed by atoms with Crippen LogP contribution < -0.4 is 14.8 Å². The lowest BCUT2D eigenvalue weighted by Crippen LogP contribution is -2.31. The molecular weight excluding hydrogens is 344 g/mol. The lowest BCUT2D eigenvalue weighted by Gasteiger charge is -2.20. The van der Waals surface area contributed by atoms with Gasteiger partial charge in [0.2, 0.25) is 5.91 Å². The second-order valence-electron chi connectivity index (χ2n) is 5.02. The Labute approximate surface area is 154 Å². The minimum absolute atomic E-state index is 0.00465. The number of amides is 1. The van der Waals surface area contributed by atoms with E-state index >= 15 is 0 Å². The first-order valence-electron chi connectivity index (χ1n) is 7.94. The summed E-state index contributed by atoms with van der Waals surface area (Å²) in [5.41, 5.74) is 1.08. The third-order valence-corrected chi connectivity index (χ3v) is 5.06. The number of carbonyl (C=O) groups is 1. The molecule has 0 aliphatic heterocycles. The number of carbonyl (C=O) groups excluding carboxylic acids is 1. The molecule has 0 fully saturated rings. The van der Waals surface area contributed by atoms with Crippen molar-refractivity contribution >= 4 is 34.2 Å². The van der Waals surface area contributed by atoms with E-state index in [1.165, 1.54) is 11.8 Å². The van der Waals surface area contributed by atoms with Crippen molar-refractivity contribution in [3.63, 3.8) is 0 Å². The van der Waals surface area contributed by atoms with Gasteiger partial charge in [0.05, 0.1) is 20.0 Å². The lowest BCUT2D eigenvalue weighted by atomic mass is 10.1. The molecule has 7 heteroatoms. The maximum absolute atomic E-state index is 11.9. The summed E-state index contributed by atoms with van der Waals surface area (Å²) in [6.45, 7) is 6.42. The Morgan fingerprint density at radius 1 is 1.21 bits per heavy atom. The van der Waals surface area contributed by atoms with Gasteiger partial charge in [-0.2, -0.15) is 0 Å². The highest BCUT2D eigenvalue weighted by Gasteiger charge is 2.09. The minimum Gasteiger partial charge on any atom is -0.493 e. The van der Waals surface area contributed by atoms with Gasteiger partial charge in [-0.15, -0.1) is 0 Å². The number of nitrogens with zero attached hydrogens (tertiary/aromatic N) is 1. The van der Waals surface area contributed by atoms with Gasteiger partial charge in [-0.3, -0.25) is 4.79 Å². The van der Waals surface area contributed by atoms with Crippen LogP contribution in [0.3, 0.4) is 0 Å². The number of nitrogens with one attached hydrogen (secondary N) is 1. The molecule has 0 aliphatic rings. The molecule has 1 N–H and O–H groups in total. The number of thioether (sulfide) groups is 1. The van der Waals surface area contributed by atoms with E-state index in [9.17, 15) is 4.79 Å². The van der Waals surface area contributed by atoms with Crippen molar-refractivity contribution in [3.8, 4) is 11.5 Å². The van der Waals surface area contributed by atoms with Crippen LogP contribution >= 0.6 is 24.0 Å². The normalized spacial score (nSPS) is 10.2. The van der Waals surface area contributed by atoms with Crippen LogP contribution in [0.15, 0.2) is 18.2 Å². The highest BCUT2D eigenvalue weighted by molar-refractivity contribution is 8.23. The van der Waals surface area contributed by atoms with Crippen molar-refractivity contribution in [2.45, 2.75) is 20.3 Å². The van der Waals surface area contributed by atoms with Gasteiger partial charge in [-0.1, -0.05) is 30.0 Å². The first kappa shape index (κ1) is 20.6. The summed E-state index contributed by atoms with van der Waals surface area (Å²) in [5.74, 6) is 1.74. The Kier molecular flexibility index (Phi) is 9.56. The van der Waals surface area contributed by atoms with Gasteiger partial charge in [0.1, 0.15) is 4.32 Å². The molecule has 1 aromatic carbocycles. The van der Waals surface area contributed by atoms with E-state index in [-0.39, 0.29) is 5.91 Å². The van der Waals surface area contributed by atoms with Gasteiger partial charge in [-0.05, 0) is 38.0 Å². The molecule has 1 rings (SSSR count). The molecule has 0 spiro atoms. The van der Waals surface area contributed by atoms with Crippen molar-refractivity contribution in [2.24, 2.45) is 0 Å². The van der Waals surface area contributed by atoms with Gasteiger partial charge >= 0.3 is 0 Å². The summed E-state index contributed by atoms with van der Waals surface area (Å²) in [6.07, 6.45) is 0.733. The molecule has 0 bridgehead atoms. The summed E-state index contributed by atoms with van der Waals surface area (Å²) < 4.78 is 11.3. The van der Waals surface area contributed by atoms with E-state index in [2.05, 4.69) is 24.1 Å². The maximum Gasteiger partial charge on any atom is 0.230 e. The predicted octanol–water partition coefficient (Wildman–Crippen LogP) is 2.72. The van der Waals surface area contributed by atoms with Crippen molar-refractivity contribution in [1.82, 2.24) is 10.2 Å². The quantitative estimate of drug-likeness (QED) is 0.675. The molecule has 134 valence electrons. The predicted molar refractivity (Wildman–Crippen MR) is 104 cm³/mol. The number of ether oxygens (including phenoxy) is 2. The number of thiocarbonyl (C=S) groups is 1. The second kappa shape index (κ2) is 11.1. The summed E-state index contributed by atoms with van der Waals surface area (Å²) in [6, 6.07) is 5.77. The Morgan fingerprint density at radius 3 is 2.46 bits per heavy atom. The largest absolute Gasteiger partial charge is 0.493 e. The van der Waals surface area contributed by atoms with Crippen molar-refractivity contribution in [3.05, 3.63) is 23.8 Å². The molecule has 0 atom stereocenters.